The number of rotatable bonds is 4. The maximum absolute atomic E-state index is 4.48. The van der Waals surface area contributed by atoms with Gasteiger partial charge < -0.3 is 5.32 Å². The zero-order valence-corrected chi connectivity index (χ0v) is 14.1. The van der Waals surface area contributed by atoms with Crippen LogP contribution < -0.4 is 5.32 Å². The van der Waals surface area contributed by atoms with Crippen LogP contribution in [-0.2, 0) is 25.8 Å². The van der Waals surface area contributed by atoms with Gasteiger partial charge >= 0.3 is 0 Å². The average molecular weight is 351 g/mol. The molecule has 0 saturated heterocycles. The van der Waals surface area contributed by atoms with Crippen molar-refractivity contribution >= 4 is 27.3 Å². The standard InChI is InChI=1S/C16H19BrN2S/c1-2-15-9-19-16(20-15)10-18-14-6-4-11-7-13(17)5-3-12(11)8-14/h3,5,7,9,14,18H,2,4,6,8,10H2,1H3. The fraction of sp³-hybridized carbons (Fsp3) is 0.438. The summed E-state index contributed by atoms with van der Waals surface area (Å²) in [6.07, 6.45) is 6.62. The molecular weight excluding hydrogens is 332 g/mol. The maximum Gasteiger partial charge on any atom is 0.107 e. The fourth-order valence-electron chi connectivity index (χ4n) is 2.72. The molecule has 1 aliphatic rings. The summed E-state index contributed by atoms with van der Waals surface area (Å²) in [5.74, 6) is 0. The van der Waals surface area contributed by atoms with Crippen molar-refractivity contribution < 1.29 is 0 Å². The van der Waals surface area contributed by atoms with Crippen LogP contribution in [0.25, 0.3) is 0 Å². The van der Waals surface area contributed by atoms with Gasteiger partial charge in [-0.2, -0.15) is 0 Å². The van der Waals surface area contributed by atoms with Crippen molar-refractivity contribution in [1.82, 2.24) is 10.3 Å². The minimum absolute atomic E-state index is 0.581. The monoisotopic (exact) mass is 350 g/mol. The molecule has 1 heterocycles. The van der Waals surface area contributed by atoms with E-state index >= 15 is 0 Å². The number of nitrogens with zero attached hydrogens (tertiary/aromatic N) is 1. The molecule has 106 valence electrons. The van der Waals surface area contributed by atoms with Gasteiger partial charge in [0.2, 0.25) is 0 Å². The molecule has 1 atom stereocenters. The summed E-state index contributed by atoms with van der Waals surface area (Å²) in [6.45, 7) is 3.09. The number of fused-ring (bicyclic) bond motifs is 1. The number of halogens is 1. The summed E-state index contributed by atoms with van der Waals surface area (Å²) in [5, 5.41) is 4.88. The number of hydrogen-bond donors (Lipinski definition) is 1. The van der Waals surface area contributed by atoms with E-state index in [2.05, 4.69) is 51.4 Å². The summed E-state index contributed by atoms with van der Waals surface area (Å²) in [7, 11) is 0. The fourth-order valence-corrected chi connectivity index (χ4v) is 3.94. The Morgan fingerprint density at radius 2 is 2.30 bits per heavy atom. The number of aromatic nitrogens is 1. The van der Waals surface area contributed by atoms with Gasteiger partial charge in [0, 0.05) is 28.1 Å². The molecule has 0 aliphatic heterocycles. The molecule has 2 aromatic rings. The molecule has 0 fully saturated rings. The molecule has 20 heavy (non-hydrogen) atoms. The van der Waals surface area contributed by atoms with Gasteiger partial charge in [0.15, 0.2) is 0 Å². The molecule has 1 aliphatic carbocycles. The molecule has 2 nitrogen and oxygen atoms in total. The van der Waals surface area contributed by atoms with E-state index in [0.29, 0.717) is 6.04 Å². The Bertz CT molecular complexity index is 594. The van der Waals surface area contributed by atoms with E-state index in [9.17, 15) is 0 Å². The summed E-state index contributed by atoms with van der Waals surface area (Å²) in [4.78, 5) is 5.85. The first-order valence-corrected chi connectivity index (χ1v) is 8.80. The van der Waals surface area contributed by atoms with Crippen LogP contribution in [0.2, 0.25) is 0 Å². The first kappa shape index (κ1) is 14.2. The molecule has 3 rings (SSSR count). The number of nitrogens with one attached hydrogen (secondary N) is 1. The van der Waals surface area contributed by atoms with E-state index in [1.54, 1.807) is 0 Å². The lowest BCUT2D eigenvalue weighted by Crippen LogP contribution is -2.34. The average Bonchev–Trinajstić information content (AvgIpc) is 2.93. The van der Waals surface area contributed by atoms with Crippen LogP contribution in [0, 0.1) is 0 Å². The third-order valence-electron chi connectivity index (χ3n) is 3.89. The van der Waals surface area contributed by atoms with Gasteiger partial charge in [-0.15, -0.1) is 11.3 Å². The summed E-state index contributed by atoms with van der Waals surface area (Å²) in [6, 6.07) is 7.25. The minimum Gasteiger partial charge on any atom is -0.307 e. The number of benzene rings is 1. The number of aryl methyl sites for hydroxylation is 2. The maximum atomic E-state index is 4.48. The van der Waals surface area contributed by atoms with E-state index in [1.807, 2.05) is 17.5 Å². The number of thiazole rings is 1. The highest BCUT2D eigenvalue weighted by Crippen LogP contribution is 2.25. The van der Waals surface area contributed by atoms with Gasteiger partial charge in [-0.25, -0.2) is 4.98 Å². The molecule has 4 heteroatoms. The highest BCUT2D eigenvalue weighted by atomic mass is 79.9. The van der Waals surface area contributed by atoms with Gasteiger partial charge in [0.25, 0.3) is 0 Å². The van der Waals surface area contributed by atoms with Crippen LogP contribution in [0.5, 0.6) is 0 Å². The molecule has 0 radical (unpaired) electrons. The molecule has 1 N–H and O–H groups in total. The first-order chi connectivity index (χ1) is 9.74. The third-order valence-corrected chi connectivity index (χ3v) is 5.52. The van der Waals surface area contributed by atoms with E-state index in [-0.39, 0.29) is 0 Å². The first-order valence-electron chi connectivity index (χ1n) is 7.19. The van der Waals surface area contributed by atoms with Crippen LogP contribution in [0.4, 0.5) is 0 Å². The molecule has 0 saturated carbocycles. The Kier molecular flexibility index (Phi) is 4.54. The topological polar surface area (TPSA) is 24.9 Å². The van der Waals surface area contributed by atoms with Crippen LogP contribution >= 0.6 is 27.3 Å². The predicted molar refractivity (Wildman–Crippen MR) is 88.3 cm³/mol. The molecule has 0 spiro atoms. The summed E-state index contributed by atoms with van der Waals surface area (Å²) >= 11 is 5.38. The second-order valence-corrected chi connectivity index (χ2v) is 7.42. The van der Waals surface area contributed by atoms with E-state index in [4.69, 9.17) is 0 Å². The Morgan fingerprint density at radius 3 is 3.10 bits per heavy atom. The Labute approximate surface area is 132 Å². The van der Waals surface area contributed by atoms with Crippen molar-refractivity contribution in [2.45, 2.75) is 45.2 Å². The zero-order valence-electron chi connectivity index (χ0n) is 11.7. The Hall–Kier alpha value is -0.710. The van der Waals surface area contributed by atoms with Gasteiger partial charge in [0.05, 0.1) is 0 Å². The smallest absolute Gasteiger partial charge is 0.107 e. The van der Waals surface area contributed by atoms with Crippen LogP contribution in [0.3, 0.4) is 0 Å². The van der Waals surface area contributed by atoms with Crippen molar-refractivity contribution in [3.05, 3.63) is 49.9 Å². The predicted octanol–water partition coefficient (Wildman–Crippen LogP) is 4.12. The lowest BCUT2D eigenvalue weighted by molar-refractivity contribution is 0.457. The molecule has 0 amide bonds. The van der Waals surface area contributed by atoms with Crippen molar-refractivity contribution in [1.29, 1.82) is 0 Å². The summed E-state index contributed by atoms with van der Waals surface area (Å²) < 4.78 is 1.19. The van der Waals surface area contributed by atoms with Gasteiger partial charge in [-0.1, -0.05) is 28.9 Å². The van der Waals surface area contributed by atoms with Crippen molar-refractivity contribution in [2.24, 2.45) is 0 Å². The summed E-state index contributed by atoms with van der Waals surface area (Å²) in [5.41, 5.74) is 2.99. The van der Waals surface area contributed by atoms with Crippen LogP contribution in [0.1, 0.15) is 34.4 Å². The molecule has 1 aromatic carbocycles. The molecule has 1 aromatic heterocycles. The van der Waals surface area contributed by atoms with Crippen LogP contribution in [-0.4, -0.2) is 11.0 Å². The van der Waals surface area contributed by atoms with Crippen molar-refractivity contribution in [2.75, 3.05) is 0 Å². The molecular formula is C16H19BrN2S. The van der Waals surface area contributed by atoms with Crippen molar-refractivity contribution in [3.8, 4) is 0 Å². The third kappa shape index (κ3) is 3.30. The normalized spacial score (nSPS) is 18.0. The SMILES string of the molecule is CCc1cnc(CNC2CCc3cc(Br)ccc3C2)s1. The minimum atomic E-state index is 0.581. The van der Waals surface area contributed by atoms with Crippen LogP contribution in [0.15, 0.2) is 28.9 Å². The number of hydrogen-bond acceptors (Lipinski definition) is 3. The van der Waals surface area contributed by atoms with E-state index in [1.165, 1.54) is 38.3 Å². The van der Waals surface area contributed by atoms with Gasteiger partial charge in [0.1, 0.15) is 5.01 Å². The van der Waals surface area contributed by atoms with Crippen molar-refractivity contribution in [3.63, 3.8) is 0 Å². The zero-order chi connectivity index (χ0) is 13.9. The van der Waals surface area contributed by atoms with E-state index < -0.39 is 0 Å². The van der Waals surface area contributed by atoms with E-state index in [0.717, 1.165) is 19.4 Å². The highest BCUT2D eigenvalue weighted by molar-refractivity contribution is 9.10. The molecule has 0 bridgehead atoms. The highest BCUT2D eigenvalue weighted by Gasteiger charge is 2.18. The van der Waals surface area contributed by atoms with Gasteiger partial charge in [-0.05, 0) is 48.9 Å². The second kappa shape index (κ2) is 6.37. The lowest BCUT2D eigenvalue weighted by atomic mass is 9.88. The molecule has 1 unspecified atom stereocenters. The van der Waals surface area contributed by atoms with Gasteiger partial charge in [-0.3, -0.25) is 0 Å². The quantitative estimate of drug-likeness (QED) is 0.897. The Morgan fingerprint density at radius 1 is 1.40 bits per heavy atom. The lowest BCUT2D eigenvalue weighted by Gasteiger charge is -2.25. The Balaban J connectivity index is 1.58. The second-order valence-electron chi connectivity index (χ2n) is 5.31. The largest absolute Gasteiger partial charge is 0.307 e.